The van der Waals surface area contributed by atoms with Crippen molar-refractivity contribution in [1.29, 1.82) is 0 Å². The first-order valence-electron chi connectivity index (χ1n) is 6.35. The first-order chi connectivity index (χ1) is 8.28. The Morgan fingerprint density at radius 1 is 1.18 bits per heavy atom. The largest absolute Gasteiger partial charge is 0.395 e. The van der Waals surface area contributed by atoms with E-state index < -0.39 is 0 Å². The number of β-amino-alcohol motifs (C(OH)–C–C–N with tert-alkyl or cyclic N) is 1. The Labute approximate surface area is 117 Å². The van der Waals surface area contributed by atoms with Gasteiger partial charge in [-0.2, -0.15) is 0 Å². The third-order valence-electron chi connectivity index (χ3n) is 3.56. The maximum absolute atomic E-state index is 8.90. The molecule has 0 unspecified atom stereocenters. The van der Waals surface area contributed by atoms with Crippen LogP contribution >= 0.6 is 22.6 Å². The normalized spacial score (nSPS) is 18.5. The third kappa shape index (κ3) is 4.23. The molecule has 0 aromatic heterocycles. The molecular formula is C14H20INO. The molecule has 1 N–H and O–H groups in total. The molecule has 0 spiro atoms. The first kappa shape index (κ1) is 13.3. The van der Waals surface area contributed by atoms with Gasteiger partial charge >= 0.3 is 0 Å². The molecule has 94 valence electrons. The molecule has 2 rings (SSSR count). The Morgan fingerprint density at radius 3 is 2.41 bits per heavy atom. The number of rotatable bonds is 4. The summed E-state index contributed by atoms with van der Waals surface area (Å²) in [6, 6.07) is 8.89. The summed E-state index contributed by atoms with van der Waals surface area (Å²) in [4.78, 5) is 2.37. The van der Waals surface area contributed by atoms with Crippen LogP contribution in [0.4, 0.5) is 0 Å². The van der Waals surface area contributed by atoms with Crippen molar-refractivity contribution in [2.24, 2.45) is 5.92 Å². The predicted octanol–water partition coefficient (Wildman–Crippen LogP) is 2.54. The lowest BCUT2D eigenvalue weighted by Gasteiger charge is -2.31. The molecule has 1 aliphatic heterocycles. The molecule has 1 aromatic rings. The summed E-state index contributed by atoms with van der Waals surface area (Å²) in [5.41, 5.74) is 1.46. The Kier molecular flexibility index (Phi) is 5.25. The maximum Gasteiger partial charge on any atom is 0.0558 e. The molecule has 0 radical (unpaired) electrons. The smallest absolute Gasteiger partial charge is 0.0558 e. The van der Waals surface area contributed by atoms with Crippen LogP contribution in [0, 0.1) is 9.49 Å². The second kappa shape index (κ2) is 6.71. The van der Waals surface area contributed by atoms with Crippen LogP contribution < -0.4 is 0 Å². The van der Waals surface area contributed by atoms with E-state index in [4.69, 9.17) is 5.11 Å². The summed E-state index contributed by atoms with van der Waals surface area (Å²) in [6.07, 6.45) is 3.75. The quantitative estimate of drug-likeness (QED) is 0.848. The number of piperidine rings is 1. The standard InChI is InChI=1S/C14H20INO/c15-14-3-1-12(2-4-14)11-13-5-7-16(8-6-13)9-10-17/h1-4,13,17H,5-11H2. The molecular weight excluding hydrogens is 325 g/mol. The number of nitrogens with zero attached hydrogens (tertiary/aromatic N) is 1. The average molecular weight is 345 g/mol. The Hall–Kier alpha value is -0.130. The van der Waals surface area contributed by atoms with Crippen LogP contribution in [-0.2, 0) is 6.42 Å². The van der Waals surface area contributed by atoms with Gasteiger partial charge in [-0.3, -0.25) is 0 Å². The molecule has 1 aliphatic rings. The SMILES string of the molecule is OCCN1CCC(Cc2ccc(I)cc2)CC1. The van der Waals surface area contributed by atoms with Crippen molar-refractivity contribution in [2.45, 2.75) is 19.3 Å². The minimum atomic E-state index is 0.293. The van der Waals surface area contributed by atoms with E-state index in [9.17, 15) is 0 Å². The number of benzene rings is 1. The van der Waals surface area contributed by atoms with E-state index in [-0.39, 0.29) is 0 Å². The van der Waals surface area contributed by atoms with E-state index in [0.717, 1.165) is 25.6 Å². The van der Waals surface area contributed by atoms with Crippen LogP contribution in [0.2, 0.25) is 0 Å². The van der Waals surface area contributed by atoms with Gasteiger partial charge < -0.3 is 10.0 Å². The maximum atomic E-state index is 8.90. The van der Waals surface area contributed by atoms with Gasteiger partial charge in [0.25, 0.3) is 0 Å². The van der Waals surface area contributed by atoms with Crippen LogP contribution in [-0.4, -0.2) is 36.2 Å². The van der Waals surface area contributed by atoms with Crippen LogP contribution in [0.15, 0.2) is 24.3 Å². The Bertz CT molecular complexity index is 331. The number of halogens is 1. The van der Waals surface area contributed by atoms with Gasteiger partial charge in [0.15, 0.2) is 0 Å². The zero-order chi connectivity index (χ0) is 12.1. The van der Waals surface area contributed by atoms with Crippen molar-refractivity contribution in [3.63, 3.8) is 0 Å². The molecule has 17 heavy (non-hydrogen) atoms. The topological polar surface area (TPSA) is 23.5 Å². The van der Waals surface area contributed by atoms with Crippen LogP contribution in [0.3, 0.4) is 0 Å². The first-order valence-corrected chi connectivity index (χ1v) is 7.43. The van der Waals surface area contributed by atoms with Gasteiger partial charge in [0, 0.05) is 10.1 Å². The molecule has 1 saturated heterocycles. The fraction of sp³-hybridized carbons (Fsp3) is 0.571. The van der Waals surface area contributed by atoms with Gasteiger partial charge in [0.05, 0.1) is 6.61 Å². The van der Waals surface area contributed by atoms with Crippen molar-refractivity contribution >= 4 is 22.6 Å². The summed E-state index contributed by atoms with van der Waals surface area (Å²) in [5.74, 6) is 0.824. The van der Waals surface area contributed by atoms with Gasteiger partial charge in [-0.25, -0.2) is 0 Å². The lowest BCUT2D eigenvalue weighted by molar-refractivity contribution is 0.147. The summed E-state index contributed by atoms with van der Waals surface area (Å²) in [5, 5.41) is 8.90. The minimum absolute atomic E-state index is 0.293. The highest BCUT2D eigenvalue weighted by Gasteiger charge is 2.18. The summed E-state index contributed by atoms with van der Waals surface area (Å²) in [6.45, 7) is 3.43. The molecule has 0 amide bonds. The highest BCUT2D eigenvalue weighted by Crippen LogP contribution is 2.21. The van der Waals surface area contributed by atoms with Crippen molar-refractivity contribution in [3.05, 3.63) is 33.4 Å². The van der Waals surface area contributed by atoms with Crippen LogP contribution in [0.1, 0.15) is 18.4 Å². The number of aliphatic hydroxyl groups excluding tert-OH is 1. The highest BCUT2D eigenvalue weighted by atomic mass is 127. The van der Waals surface area contributed by atoms with Gasteiger partial charge in [-0.1, -0.05) is 12.1 Å². The third-order valence-corrected chi connectivity index (χ3v) is 4.28. The van der Waals surface area contributed by atoms with Crippen molar-refractivity contribution < 1.29 is 5.11 Å². The van der Waals surface area contributed by atoms with E-state index in [1.807, 2.05) is 0 Å². The van der Waals surface area contributed by atoms with Crippen molar-refractivity contribution in [1.82, 2.24) is 4.90 Å². The van der Waals surface area contributed by atoms with E-state index in [0.29, 0.717) is 6.61 Å². The van der Waals surface area contributed by atoms with Crippen LogP contribution in [0.25, 0.3) is 0 Å². The predicted molar refractivity (Wildman–Crippen MR) is 79.1 cm³/mol. The lowest BCUT2D eigenvalue weighted by Crippen LogP contribution is -2.36. The molecule has 0 bridgehead atoms. The number of hydrogen-bond acceptors (Lipinski definition) is 2. The molecule has 3 heteroatoms. The average Bonchev–Trinajstić information content (AvgIpc) is 2.35. The monoisotopic (exact) mass is 345 g/mol. The zero-order valence-electron chi connectivity index (χ0n) is 10.1. The highest BCUT2D eigenvalue weighted by molar-refractivity contribution is 14.1. The summed E-state index contributed by atoms with van der Waals surface area (Å²) >= 11 is 2.35. The molecule has 1 heterocycles. The fourth-order valence-corrected chi connectivity index (χ4v) is 2.87. The summed E-state index contributed by atoms with van der Waals surface area (Å²) in [7, 11) is 0. The van der Waals surface area contributed by atoms with Crippen LogP contribution in [0.5, 0.6) is 0 Å². The van der Waals surface area contributed by atoms with E-state index in [2.05, 4.69) is 51.8 Å². The molecule has 2 nitrogen and oxygen atoms in total. The van der Waals surface area contributed by atoms with E-state index in [1.54, 1.807) is 0 Å². The molecule has 1 fully saturated rings. The second-order valence-corrected chi connectivity index (χ2v) is 6.08. The van der Waals surface area contributed by atoms with E-state index >= 15 is 0 Å². The molecule has 0 saturated carbocycles. The van der Waals surface area contributed by atoms with Gasteiger partial charge in [-0.15, -0.1) is 0 Å². The van der Waals surface area contributed by atoms with Gasteiger partial charge in [0.2, 0.25) is 0 Å². The van der Waals surface area contributed by atoms with Crippen molar-refractivity contribution in [2.75, 3.05) is 26.2 Å². The number of likely N-dealkylation sites (tertiary alicyclic amines) is 1. The molecule has 1 aromatic carbocycles. The lowest BCUT2D eigenvalue weighted by atomic mass is 9.90. The Morgan fingerprint density at radius 2 is 1.82 bits per heavy atom. The number of aliphatic hydroxyl groups is 1. The fourth-order valence-electron chi connectivity index (χ4n) is 2.51. The Balaban J connectivity index is 1.79. The molecule has 0 aliphatic carbocycles. The zero-order valence-corrected chi connectivity index (χ0v) is 12.3. The van der Waals surface area contributed by atoms with Gasteiger partial charge in [0.1, 0.15) is 0 Å². The van der Waals surface area contributed by atoms with Crippen molar-refractivity contribution in [3.8, 4) is 0 Å². The van der Waals surface area contributed by atoms with Gasteiger partial charge in [-0.05, 0) is 78.6 Å². The number of hydrogen-bond donors (Lipinski definition) is 1. The summed E-state index contributed by atoms with van der Waals surface area (Å²) < 4.78 is 1.31. The second-order valence-electron chi connectivity index (χ2n) is 4.84. The molecule has 0 atom stereocenters. The van der Waals surface area contributed by atoms with E-state index in [1.165, 1.54) is 28.4 Å². The minimum Gasteiger partial charge on any atom is -0.395 e.